The smallest absolute Gasteiger partial charge is 0.150 e. The molecule has 0 N–H and O–H groups in total. The number of aldehydes is 2. The molecule has 0 spiro atoms. The van der Waals surface area contributed by atoms with Crippen LogP contribution < -0.4 is 0 Å². The van der Waals surface area contributed by atoms with Gasteiger partial charge in [-0.15, -0.1) is 0 Å². The van der Waals surface area contributed by atoms with Crippen LogP contribution in [0.4, 0.5) is 0 Å². The van der Waals surface area contributed by atoms with Crippen molar-refractivity contribution < 1.29 is 9.59 Å². The molecule has 0 saturated carbocycles. The number of carbonyl (C=O) groups excluding carboxylic acids is 2. The second-order valence-electron chi connectivity index (χ2n) is 4.32. The molecule has 2 heteroatoms. The second-order valence-corrected chi connectivity index (χ2v) is 4.32. The van der Waals surface area contributed by atoms with E-state index >= 15 is 0 Å². The first-order valence-electron chi connectivity index (χ1n) is 5.63. The first-order chi connectivity index (χ1) is 8.74. The standard InChI is InChI=1S/C16H10O2/c1-10-15-6-11(8-17)2-4-13(15)14-5-3-12(9-18)7-16(10)14/h2-9H,1H2. The van der Waals surface area contributed by atoms with Gasteiger partial charge in [0, 0.05) is 11.1 Å². The number of hydrogen-bond donors (Lipinski definition) is 0. The highest BCUT2D eigenvalue weighted by Gasteiger charge is 2.22. The molecular formula is C16H10O2. The number of carbonyl (C=O) groups is 2. The predicted molar refractivity (Wildman–Crippen MR) is 70.8 cm³/mol. The van der Waals surface area contributed by atoms with E-state index in [0.717, 1.165) is 40.4 Å². The van der Waals surface area contributed by atoms with Crippen molar-refractivity contribution in [3.05, 3.63) is 65.2 Å². The van der Waals surface area contributed by atoms with Gasteiger partial charge in [0.2, 0.25) is 0 Å². The molecule has 0 fully saturated rings. The molecule has 2 nitrogen and oxygen atoms in total. The summed E-state index contributed by atoms with van der Waals surface area (Å²) < 4.78 is 0. The maximum absolute atomic E-state index is 10.8. The minimum Gasteiger partial charge on any atom is -0.298 e. The zero-order valence-corrected chi connectivity index (χ0v) is 9.64. The van der Waals surface area contributed by atoms with Crippen molar-refractivity contribution in [3.8, 4) is 11.1 Å². The Kier molecular flexibility index (Phi) is 2.23. The average molecular weight is 234 g/mol. The lowest BCUT2D eigenvalue weighted by molar-refractivity contribution is 0.111. The lowest BCUT2D eigenvalue weighted by Crippen LogP contribution is -1.84. The van der Waals surface area contributed by atoms with E-state index in [-0.39, 0.29) is 0 Å². The van der Waals surface area contributed by atoms with Crippen LogP contribution in [-0.4, -0.2) is 12.6 Å². The summed E-state index contributed by atoms with van der Waals surface area (Å²) in [5.74, 6) is 0. The van der Waals surface area contributed by atoms with Gasteiger partial charge in [-0.3, -0.25) is 9.59 Å². The molecule has 0 saturated heterocycles. The normalized spacial score (nSPS) is 11.9. The van der Waals surface area contributed by atoms with Gasteiger partial charge in [0.25, 0.3) is 0 Å². The van der Waals surface area contributed by atoms with E-state index in [2.05, 4.69) is 6.58 Å². The van der Waals surface area contributed by atoms with Gasteiger partial charge < -0.3 is 0 Å². The van der Waals surface area contributed by atoms with E-state index in [4.69, 9.17) is 0 Å². The van der Waals surface area contributed by atoms with Gasteiger partial charge in [-0.25, -0.2) is 0 Å². The summed E-state index contributed by atoms with van der Waals surface area (Å²) >= 11 is 0. The molecule has 2 aromatic rings. The summed E-state index contributed by atoms with van der Waals surface area (Å²) in [6, 6.07) is 11.1. The fourth-order valence-corrected chi connectivity index (χ4v) is 2.38. The zero-order valence-electron chi connectivity index (χ0n) is 9.64. The average Bonchev–Trinajstić information content (AvgIpc) is 2.71. The Bertz CT molecular complexity index is 637. The number of hydrogen-bond acceptors (Lipinski definition) is 2. The monoisotopic (exact) mass is 234 g/mol. The molecule has 0 aliphatic heterocycles. The van der Waals surface area contributed by atoms with E-state index in [0.29, 0.717) is 11.1 Å². The molecule has 0 aromatic heterocycles. The van der Waals surface area contributed by atoms with Crippen molar-refractivity contribution in [2.45, 2.75) is 0 Å². The summed E-state index contributed by atoms with van der Waals surface area (Å²) in [6.07, 6.45) is 1.65. The number of fused-ring (bicyclic) bond motifs is 3. The summed E-state index contributed by atoms with van der Waals surface area (Å²) in [5.41, 5.74) is 6.22. The molecule has 0 heterocycles. The van der Waals surface area contributed by atoms with Crippen LogP contribution in [0.15, 0.2) is 43.0 Å². The first-order valence-corrected chi connectivity index (χ1v) is 5.63. The van der Waals surface area contributed by atoms with Gasteiger partial charge in [-0.05, 0) is 40.0 Å². The van der Waals surface area contributed by atoms with Crippen LogP contribution >= 0.6 is 0 Å². The third kappa shape index (κ3) is 1.36. The van der Waals surface area contributed by atoms with Crippen LogP contribution in [0.3, 0.4) is 0 Å². The molecule has 0 bridgehead atoms. The molecule has 1 aliphatic rings. The van der Waals surface area contributed by atoms with Crippen LogP contribution in [0.1, 0.15) is 31.8 Å². The fraction of sp³-hybridized carbons (Fsp3) is 0. The molecule has 0 radical (unpaired) electrons. The summed E-state index contributed by atoms with van der Waals surface area (Å²) in [7, 11) is 0. The lowest BCUT2D eigenvalue weighted by Gasteiger charge is -2.00. The number of benzene rings is 2. The summed E-state index contributed by atoms with van der Waals surface area (Å²) in [6.45, 7) is 4.06. The molecular weight excluding hydrogens is 224 g/mol. The third-order valence-corrected chi connectivity index (χ3v) is 3.30. The third-order valence-electron chi connectivity index (χ3n) is 3.30. The van der Waals surface area contributed by atoms with E-state index < -0.39 is 0 Å². The molecule has 3 rings (SSSR count). The van der Waals surface area contributed by atoms with Crippen LogP contribution in [0, 0.1) is 0 Å². The van der Waals surface area contributed by atoms with Gasteiger partial charge in [0.15, 0.2) is 0 Å². The molecule has 0 amide bonds. The van der Waals surface area contributed by atoms with Gasteiger partial charge in [0.1, 0.15) is 12.6 Å². The van der Waals surface area contributed by atoms with E-state index in [1.54, 1.807) is 12.1 Å². The van der Waals surface area contributed by atoms with Crippen molar-refractivity contribution in [2.24, 2.45) is 0 Å². The molecule has 86 valence electrons. The second kappa shape index (κ2) is 3.77. The summed E-state index contributed by atoms with van der Waals surface area (Å²) in [4.78, 5) is 21.6. The van der Waals surface area contributed by atoms with Crippen molar-refractivity contribution in [2.75, 3.05) is 0 Å². The molecule has 18 heavy (non-hydrogen) atoms. The van der Waals surface area contributed by atoms with Crippen molar-refractivity contribution in [1.82, 2.24) is 0 Å². The van der Waals surface area contributed by atoms with Crippen LogP contribution in [0.5, 0.6) is 0 Å². The topological polar surface area (TPSA) is 34.1 Å². The fourth-order valence-electron chi connectivity index (χ4n) is 2.38. The molecule has 2 aromatic carbocycles. The SMILES string of the molecule is C=C1c2cc(C=O)ccc2-c2ccc(C=O)cc21. The lowest BCUT2D eigenvalue weighted by atomic mass is 10.0. The Morgan fingerprint density at radius 2 is 1.17 bits per heavy atom. The van der Waals surface area contributed by atoms with Crippen LogP contribution in [0.2, 0.25) is 0 Å². The van der Waals surface area contributed by atoms with Crippen LogP contribution in [-0.2, 0) is 0 Å². The van der Waals surface area contributed by atoms with Gasteiger partial charge in [-0.2, -0.15) is 0 Å². The minimum absolute atomic E-state index is 0.637. The Hall–Kier alpha value is -2.48. The Morgan fingerprint density at radius 3 is 1.56 bits per heavy atom. The van der Waals surface area contributed by atoms with Gasteiger partial charge >= 0.3 is 0 Å². The maximum Gasteiger partial charge on any atom is 0.150 e. The van der Waals surface area contributed by atoms with Crippen LogP contribution in [0.25, 0.3) is 16.7 Å². The predicted octanol–water partition coefficient (Wildman–Crippen LogP) is 3.35. The highest BCUT2D eigenvalue weighted by atomic mass is 16.1. The zero-order chi connectivity index (χ0) is 12.7. The highest BCUT2D eigenvalue weighted by molar-refractivity contribution is 6.02. The quantitative estimate of drug-likeness (QED) is 0.637. The Labute approximate surface area is 105 Å². The van der Waals surface area contributed by atoms with E-state index in [1.807, 2.05) is 24.3 Å². The largest absolute Gasteiger partial charge is 0.298 e. The first kappa shape index (κ1) is 10.7. The van der Waals surface area contributed by atoms with Crippen molar-refractivity contribution in [3.63, 3.8) is 0 Å². The number of rotatable bonds is 2. The maximum atomic E-state index is 10.8. The summed E-state index contributed by atoms with van der Waals surface area (Å²) in [5, 5.41) is 0. The minimum atomic E-state index is 0.637. The Balaban J connectivity index is 2.27. The van der Waals surface area contributed by atoms with Crippen molar-refractivity contribution >= 4 is 18.1 Å². The van der Waals surface area contributed by atoms with Gasteiger partial charge in [-0.1, -0.05) is 30.8 Å². The Morgan fingerprint density at radius 1 is 0.722 bits per heavy atom. The molecule has 0 atom stereocenters. The van der Waals surface area contributed by atoms with E-state index in [1.165, 1.54) is 0 Å². The highest BCUT2D eigenvalue weighted by Crippen LogP contribution is 2.43. The molecule has 0 unspecified atom stereocenters. The van der Waals surface area contributed by atoms with Crippen molar-refractivity contribution in [1.29, 1.82) is 0 Å². The van der Waals surface area contributed by atoms with Gasteiger partial charge in [0.05, 0.1) is 0 Å². The van der Waals surface area contributed by atoms with E-state index in [9.17, 15) is 9.59 Å². The molecule has 1 aliphatic carbocycles.